The largest absolute Gasteiger partial charge is 0.399 e. The van der Waals surface area contributed by atoms with Gasteiger partial charge in [0.15, 0.2) is 0 Å². The van der Waals surface area contributed by atoms with Crippen LogP contribution in [0.15, 0.2) is 18.2 Å². The van der Waals surface area contributed by atoms with Crippen LogP contribution in [0.4, 0.5) is 5.69 Å². The van der Waals surface area contributed by atoms with Gasteiger partial charge < -0.3 is 10.6 Å². The maximum absolute atomic E-state index is 11.2. The Morgan fingerprint density at radius 2 is 2.13 bits per heavy atom. The fourth-order valence-electron chi connectivity index (χ4n) is 1.84. The van der Waals surface area contributed by atoms with Crippen molar-refractivity contribution in [2.75, 3.05) is 12.3 Å². The Hall–Kier alpha value is -1.22. The zero-order valence-electron chi connectivity index (χ0n) is 8.69. The van der Waals surface area contributed by atoms with Gasteiger partial charge in [-0.1, -0.05) is 6.07 Å². The summed E-state index contributed by atoms with van der Waals surface area (Å²) in [4.78, 5) is 13.0. The van der Waals surface area contributed by atoms with Crippen LogP contribution in [0.5, 0.6) is 0 Å². The highest BCUT2D eigenvalue weighted by atomic mass is 35.5. The molecule has 1 aromatic carbocycles. The van der Waals surface area contributed by atoms with Gasteiger partial charge in [0.25, 0.3) is 0 Å². The summed E-state index contributed by atoms with van der Waals surface area (Å²) in [5, 5.41) is 0. The molecule has 0 unspecified atom stereocenters. The van der Waals surface area contributed by atoms with Crippen LogP contribution in [-0.2, 0) is 17.8 Å². The maximum Gasteiger partial charge on any atom is 0.219 e. The van der Waals surface area contributed by atoms with Crippen molar-refractivity contribution in [3.05, 3.63) is 29.3 Å². The number of nitrogens with two attached hydrogens (primary N) is 1. The first kappa shape index (κ1) is 11.9. The molecule has 1 aromatic rings. The molecule has 82 valence electrons. The number of carbonyl (C=O) groups is 1. The van der Waals surface area contributed by atoms with E-state index in [2.05, 4.69) is 0 Å². The molecule has 0 aliphatic carbocycles. The van der Waals surface area contributed by atoms with E-state index in [-0.39, 0.29) is 18.3 Å². The van der Waals surface area contributed by atoms with E-state index in [1.165, 1.54) is 11.1 Å². The molecule has 2 rings (SSSR count). The number of fused-ring (bicyclic) bond motifs is 1. The SMILES string of the molecule is CC(=O)N1CCc2cc(N)ccc2C1.Cl. The molecule has 0 fully saturated rings. The second-order valence-corrected chi connectivity index (χ2v) is 3.72. The quantitative estimate of drug-likeness (QED) is 0.683. The van der Waals surface area contributed by atoms with Crippen molar-refractivity contribution >= 4 is 24.0 Å². The number of hydrogen-bond acceptors (Lipinski definition) is 2. The summed E-state index contributed by atoms with van der Waals surface area (Å²) in [5.74, 6) is 0.146. The molecule has 1 heterocycles. The summed E-state index contributed by atoms with van der Waals surface area (Å²) in [7, 11) is 0. The minimum absolute atomic E-state index is 0. The average Bonchev–Trinajstić information content (AvgIpc) is 2.16. The lowest BCUT2D eigenvalue weighted by Gasteiger charge is -2.27. The first-order valence-corrected chi connectivity index (χ1v) is 4.79. The number of hydrogen-bond donors (Lipinski definition) is 1. The summed E-state index contributed by atoms with van der Waals surface area (Å²) in [5.41, 5.74) is 9.00. The van der Waals surface area contributed by atoms with Gasteiger partial charge >= 0.3 is 0 Å². The minimum Gasteiger partial charge on any atom is -0.399 e. The van der Waals surface area contributed by atoms with Crippen molar-refractivity contribution in [3.8, 4) is 0 Å². The van der Waals surface area contributed by atoms with Crippen LogP contribution in [0.3, 0.4) is 0 Å². The standard InChI is InChI=1S/C11H14N2O.ClH/c1-8(14)13-5-4-9-6-11(12)3-2-10(9)7-13;/h2-3,6H,4-5,7,12H2,1H3;1H. The number of nitrogens with zero attached hydrogens (tertiary/aromatic N) is 1. The second kappa shape index (κ2) is 4.53. The van der Waals surface area contributed by atoms with Crippen LogP contribution in [-0.4, -0.2) is 17.4 Å². The third-order valence-corrected chi connectivity index (χ3v) is 2.69. The molecule has 0 aromatic heterocycles. The Labute approximate surface area is 95.7 Å². The van der Waals surface area contributed by atoms with Crippen LogP contribution >= 0.6 is 12.4 Å². The molecule has 1 amide bonds. The lowest BCUT2D eigenvalue weighted by atomic mass is 9.99. The van der Waals surface area contributed by atoms with Gasteiger partial charge in [-0.25, -0.2) is 0 Å². The lowest BCUT2D eigenvalue weighted by molar-refractivity contribution is -0.129. The van der Waals surface area contributed by atoms with Crippen LogP contribution in [0.1, 0.15) is 18.1 Å². The molecular formula is C11H15ClN2O. The molecule has 0 saturated carbocycles. The number of benzene rings is 1. The Balaban J connectivity index is 0.00000112. The topological polar surface area (TPSA) is 46.3 Å². The van der Waals surface area contributed by atoms with E-state index in [9.17, 15) is 4.79 Å². The van der Waals surface area contributed by atoms with Crippen molar-refractivity contribution in [2.24, 2.45) is 0 Å². The summed E-state index contributed by atoms with van der Waals surface area (Å²) >= 11 is 0. The van der Waals surface area contributed by atoms with Crippen molar-refractivity contribution in [1.29, 1.82) is 0 Å². The van der Waals surface area contributed by atoms with Gasteiger partial charge in [0.2, 0.25) is 5.91 Å². The third-order valence-electron chi connectivity index (χ3n) is 2.69. The van der Waals surface area contributed by atoms with Crippen molar-refractivity contribution < 1.29 is 4.79 Å². The Morgan fingerprint density at radius 1 is 1.40 bits per heavy atom. The number of carbonyl (C=O) groups excluding carboxylic acids is 1. The molecule has 0 atom stereocenters. The van der Waals surface area contributed by atoms with Gasteiger partial charge in [-0.3, -0.25) is 4.79 Å². The van der Waals surface area contributed by atoms with Gasteiger partial charge in [0.05, 0.1) is 0 Å². The van der Waals surface area contributed by atoms with Gasteiger partial charge in [0.1, 0.15) is 0 Å². The van der Waals surface area contributed by atoms with Crippen LogP contribution < -0.4 is 5.73 Å². The summed E-state index contributed by atoms with van der Waals surface area (Å²) in [6.45, 7) is 3.15. The first-order valence-electron chi connectivity index (χ1n) is 4.79. The molecule has 3 nitrogen and oxygen atoms in total. The number of halogens is 1. The van der Waals surface area contributed by atoms with Crippen molar-refractivity contribution in [3.63, 3.8) is 0 Å². The second-order valence-electron chi connectivity index (χ2n) is 3.72. The van der Waals surface area contributed by atoms with E-state index in [1.807, 2.05) is 23.1 Å². The molecule has 4 heteroatoms. The number of anilines is 1. The Bertz CT molecular complexity index is 379. The average molecular weight is 227 g/mol. The van der Waals surface area contributed by atoms with Gasteiger partial charge in [-0.15, -0.1) is 12.4 Å². The predicted octanol–water partition coefficient (Wildman–Crippen LogP) is 1.60. The van der Waals surface area contributed by atoms with Gasteiger partial charge in [-0.2, -0.15) is 0 Å². The van der Waals surface area contributed by atoms with Crippen molar-refractivity contribution in [1.82, 2.24) is 4.90 Å². The summed E-state index contributed by atoms with van der Waals surface area (Å²) in [6, 6.07) is 5.91. The molecule has 0 saturated heterocycles. The van der Waals surface area contributed by atoms with E-state index in [0.717, 1.165) is 25.2 Å². The number of amides is 1. The van der Waals surface area contributed by atoms with E-state index in [4.69, 9.17) is 5.73 Å². The zero-order valence-corrected chi connectivity index (χ0v) is 9.51. The first-order chi connectivity index (χ1) is 6.66. The summed E-state index contributed by atoms with van der Waals surface area (Å²) < 4.78 is 0. The molecule has 1 aliphatic heterocycles. The van der Waals surface area contributed by atoms with Crippen LogP contribution in [0.2, 0.25) is 0 Å². The summed E-state index contributed by atoms with van der Waals surface area (Å²) in [6.07, 6.45) is 0.917. The Morgan fingerprint density at radius 3 is 2.80 bits per heavy atom. The lowest BCUT2D eigenvalue weighted by Crippen LogP contribution is -2.34. The van der Waals surface area contributed by atoms with Crippen LogP contribution in [0.25, 0.3) is 0 Å². The minimum atomic E-state index is 0. The molecule has 0 spiro atoms. The normalized spacial score (nSPS) is 14.1. The molecular weight excluding hydrogens is 212 g/mol. The van der Waals surface area contributed by atoms with Gasteiger partial charge in [0, 0.05) is 25.7 Å². The highest BCUT2D eigenvalue weighted by molar-refractivity contribution is 5.85. The highest BCUT2D eigenvalue weighted by Crippen LogP contribution is 2.21. The van der Waals surface area contributed by atoms with E-state index < -0.39 is 0 Å². The monoisotopic (exact) mass is 226 g/mol. The smallest absolute Gasteiger partial charge is 0.219 e. The van der Waals surface area contributed by atoms with E-state index in [0.29, 0.717) is 0 Å². The number of nitrogen functional groups attached to an aromatic ring is 1. The Kier molecular flexibility index (Phi) is 3.58. The molecule has 15 heavy (non-hydrogen) atoms. The molecule has 1 aliphatic rings. The fraction of sp³-hybridized carbons (Fsp3) is 0.364. The number of rotatable bonds is 0. The maximum atomic E-state index is 11.2. The molecule has 2 N–H and O–H groups in total. The van der Waals surface area contributed by atoms with Gasteiger partial charge in [-0.05, 0) is 29.7 Å². The molecule has 0 radical (unpaired) electrons. The van der Waals surface area contributed by atoms with E-state index in [1.54, 1.807) is 6.92 Å². The van der Waals surface area contributed by atoms with Crippen molar-refractivity contribution in [2.45, 2.75) is 19.9 Å². The fourth-order valence-corrected chi connectivity index (χ4v) is 1.84. The highest BCUT2D eigenvalue weighted by Gasteiger charge is 2.17. The third kappa shape index (κ3) is 2.42. The van der Waals surface area contributed by atoms with E-state index >= 15 is 0 Å². The zero-order chi connectivity index (χ0) is 10.1. The molecule has 0 bridgehead atoms. The van der Waals surface area contributed by atoms with Crippen LogP contribution in [0, 0.1) is 0 Å². The predicted molar refractivity (Wildman–Crippen MR) is 62.9 cm³/mol.